The fraction of sp³-hybridized carbons (Fsp3) is 0.923. The van der Waals surface area contributed by atoms with Gasteiger partial charge in [0.25, 0.3) is 0 Å². The van der Waals surface area contributed by atoms with E-state index in [1.165, 1.54) is 0 Å². The van der Waals surface area contributed by atoms with E-state index in [0.29, 0.717) is 18.9 Å². The molecule has 0 amide bonds. The molecule has 0 spiro atoms. The number of carbonyl (C=O) groups is 1. The van der Waals surface area contributed by atoms with Crippen LogP contribution in [0.3, 0.4) is 0 Å². The second-order valence-corrected chi connectivity index (χ2v) is 4.75. The minimum Gasteiger partial charge on any atom is -0.465 e. The molecule has 100 valence electrons. The van der Waals surface area contributed by atoms with Crippen molar-refractivity contribution in [3.05, 3.63) is 0 Å². The molecule has 17 heavy (non-hydrogen) atoms. The topological polar surface area (TPSA) is 58.6 Å². The maximum absolute atomic E-state index is 11.9. The fourth-order valence-corrected chi connectivity index (χ4v) is 2.33. The summed E-state index contributed by atoms with van der Waals surface area (Å²) >= 11 is 0. The van der Waals surface area contributed by atoms with Crippen molar-refractivity contribution in [2.24, 2.45) is 11.8 Å². The first-order valence-corrected chi connectivity index (χ1v) is 6.77. The molecule has 1 heterocycles. The maximum atomic E-state index is 11.9. The van der Waals surface area contributed by atoms with Gasteiger partial charge in [-0.2, -0.15) is 0 Å². The van der Waals surface area contributed by atoms with Gasteiger partial charge in [0.1, 0.15) is 0 Å². The van der Waals surface area contributed by atoms with Crippen molar-refractivity contribution in [1.29, 1.82) is 0 Å². The Morgan fingerprint density at radius 2 is 2.41 bits per heavy atom. The van der Waals surface area contributed by atoms with E-state index in [0.717, 1.165) is 38.8 Å². The summed E-state index contributed by atoms with van der Waals surface area (Å²) in [6.07, 6.45) is 4.64. The highest BCUT2D eigenvalue weighted by atomic mass is 16.5. The van der Waals surface area contributed by atoms with Gasteiger partial charge in [0.2, 0.25) is 0 Å². The summed E-state index contributed by atoms with van der Waals surface area (Å²) in [7, 11) is 0. The van der Waals surface area contributed by atoms with Crippen molar-refractivity contribution in [1.82, 2.24) is 5.32 Å². The van der Waals surface area contributed by atoms with Crippen LogP contribution < -0.4 is 5.32 Å². The summed E-state index contributed by atoms with van der Waals surface area (Å²) in [5, 5.41) is 12.4. The van der Waals surface area contributed by atoms with Crippen molar-refractivity contribution < 1.29 is 14.6 Å². The number of aliphatic hydroxyl groups is 1. The number of carbonyl (C=O) groups excluding carboxylic acids is 1. The molecule has 4 heteroatoms. The van der Waals surface area contributed by atoms with E-state index in [1.54, 1.807) is 0 Å². The Bertz CT molecular complexity index is 215. The summed E-state index contributed by atoms with van der Waals surface area (Å²) < 4.78 is 5.27. The molecule has 0 bridgehead atoms. The third kappa shape index (κ3) is 5.04. The number of piperidine rings is 1. The number of rotatable bonds is 7. The molecule has 0 aromatic rings. The second kappa shape index (κ2) is 8.48. The van der Waals surface area contributed by atoms with Crippen LogP contribution in [0.2, 0.25) is 0 Å². The quantitative estimate of drug-likeness (QED) is 0.523. The molecule has 4 nitrogen and oxygen atoms in total. The average molecular weight is 243 g/mol. The number of hydrogen-bond donors (Lipinski definition) is 2. The number of nitrogens with one attached hydrogen (secondary N) is 1. The number of aliphatic hydroxyl groups excluding tert-OH is 1. The summed E-state index contributed by atoms with van der Waals surface area (Å²) in [5.41, 5.74) is 0. The lowest BCUT2D eigenvalue weighted by atomic mass is 9.84. The minimum absolute atomic E-state index is 0.0596. The van der Waals surface area contributed by atoms with E-state index < -0.39 is 0 Å². The van der Waals surface area contributed by atoms with Crippen molar-refractivity contribution in [2.75, 3.05) is 26.3 Å². The molecule has 0 aromatic heterocycles. The van der Waals surface area contributed by atoms with Gasteiger partial charge in [0.15, 0.2) is 0 Å². The monoisotopic (exact) mass is 243 g/mol. The van der Waals surface area contributed by atoms with Crippen molar-refractivity contribution in [3.8, 4) is 0 Å². The normalized spacial score (nSPS) is 22.1. The molecule has 0 radical (unpaired) electrons. The number of esters is 1. The van der Waals surface area contributed by atoms with Crippen LogP contribution in [0.25, 0.3) is 0 Å². The Morgan fingerprint density at radius 3 is 3.00 bits per heavy atom. The van der Waals surface area contributed by atoms with E-state index in [2.05, 4.69) is 12.2 Å². The molecule has 1 rings (SSSR count). The van der Waals surface area contributed by atoms with E-state index >= 15 is 0 Å². The second-order valence-electron chi connectivity index (χ2n) is 4.75. The van der Waals surface area contributed by atoms with Crippen LogP contribution in [-0.2, 0) is 9.53 Å². The minimum atomic E-state index is -0.135. The zero-order valence-electron chi connectivity index (χ0n) is 10.8. The van der Waals surface area contributed by atoms with Gasteiger partial charge in [-0.15, -0.1) is 0 Å². The van der Waals surface area contributed by atoms with Crippen LogP contribution in [0.15, 0.2) is 0 Å². The van der Waals surface area contributed by atoms with E-state index in [1.807, 2.05) is 0 Å². The first-order valence-electron chi connectivity index (χ1n) is 6.77. The van der Waals surface area contributed by atoms with Gasteiger partial charge in [-0.05, 0) is 44.7 Å². The van der Waals surface area contributed by atoms with Crippen molar-refractivity contribution in [2.45, 2.75) is 39.0 Å². The molecule has 0 aliphatic carbocycles. The fourth-order valence-electron chi connectivity index (χ4n) is 2.33. The molecular formula is C13H25NO3. The molecule has 1 saturated heterocycles. The van der Waals surface area contributed by atoms with Gasteiger partial charge in [0.05, 0.1) is 12.5 Å². The smallest absolute Gasteiger partial charge is 0.309 e. The standard InChI is InChI=1S/C13H25NO3/c1-2-3-9-17-13(16)12(6-8-15)11-5-4-7-14-10-11/h11-12,14-15H,2-10H2,1H3. The maximum Gasteiger partial charge on any atom is 0.309 e. The summed E-state index contributed by atoms with van der Waals surface area (Å²) in [5.74, 6) is 0.0656. The van der Waals surface area contributed by atoms with E-state index in [-0.39, 0.29) is 18.5 Å². The molecule has 1 fully saturated rings. The van der Waals surface area contributed by atoms with Crippen LogP contribution >= 0.6 is 0 Å². The van der Waals surface area contributed by atoms with E-state index in [4.69, 9.17) is 9.84 Å². The predicted molar refractivity (Wildman–Crippen MR) is 66.7 cm³/mol. The zero-order chi connectivity index (χ0) is 12.5. The van der Waals surface area contributed by atoms with Crippen molar-refractivity contribution >= 4 is 5.97 Å². The molecule has 2 N–H and O–H groups in total. The Labute approximate surface area is 104 Å². The number of ether oxygens (including phenoxy) is 1. The molecule has 1 aliphatic rings. The molecule has 2 atom stereocenters. The Hall–Kier alpha value is -0.610. The van der Waals surface area contributed by atoms with Gasteiger partial charge >= 0.3 is 5.97 Å². The average Bonchev–Trinajstić information content (AvgIpc) is 2.37. The third-order valence-corrected chi connectivity index (χ3v) is 3.39. The van der Waals surface area contributed by atoms with Crippen LogP contribution in [0.5, 0.6) is 0 Å². The summed E-state index contributed by atoms with van der Waals surface area (Å²) in [6.45, 7) is 4.55. The molecule has 0 saturated carbocycles. The van der Waals surface area contributed by atoms with Crippen LogP contribution in [0.4, 0.5) is 0 Å². The lowest BCUT2D eigenvalue weighted by Crippen LogP contribution is -2.38. The van der Waals surface area contributed by atoms with Crippen LogP contribution in [0, 0.1) is 11.8 Å². The molecule has 0 aromatic carbocycles. The van der Waals surface area contributed by atoms with Crippen molar-refractivity contribution in [3.63, 3.8) is 0 Å². The molecule has 2 unspecified atom stereocenters. The van der Waals surface area contributed by atoms with Gasteiger partial charge in [0, 0.05) is 6.61 Å². The first-order chi connectivity index (χ1) is 8.29. The molecular weight excluding hydrogens is 218 g/mol. The number of hydrogen-bond acceptors (Lipinski definition) is 4. The highest BCUT2D eigenvalue weighted by molar-refractivity contribution is 5.72. The zero-order valence-corrected chi connectivity index (χ0v) is 10.8. The summed E-state index contributed by atoms with van der Waals surface area (Å²) in [6, 6.07) is 0. The molecule has 1 aliphatic heterocycles. The Balaban J connectivity index is 2.42. The summed E-state index contributed by atoms with van der Waals surface area (Å²) in [4.78, 5) is 11.9. The Kier molecular flexibility index (Phi) is 7.21. The number of unbranched alkanes of at least 4 members (excludes halogenated alkanes) is 1. The van der Waals surface area contributed by atoms with Gasteiger partial charge in [-0.25, -0.2) is 0 Å². The highest BCUT2D eigenvalue weighted by Gasteiger charge is 2.30. The lowest BCUT2D eigenvalue weighted by Gasteiger charge is -2.29. The third-order valence-electron chi connectivity index (χ3n) is 3.39. The van der Waals surface area contributed by atoms with E-state index in [9.17, 15) is 4.79 Å². The largest absolute Gasteiger partial charge is 0.465 e. The van der Waals surface area contributed by atoms with Gasteiger partial charge in [-0.1, -0.05) is 13.3 Å². The lowest BCUT2D eigenvalue weighted by molar-refractivity contribution is -0.151. The van der Waals surface area contributed by atoms with Crippen LogP contribution in [-0.4, -0.2) is 37.4 Å². The first kappa shape index (κ1) is 14.5. The predicted octanol–water partition coefficient (Wildman–Crippen LogP) is 1.33. The van der Waals surface area contributed by atoms with Gasteiger partial charge in [-0.3, -0.25) is 4.79 Å². The SMILES string of the molecule is CCCCOC(=O)C(CCO)C1CCCNC1. The Morgan fingerprint density at radius 1 is 1.59 bits per heavy atom. The van der Waals surface area contributed by atoms with Gasteiger partial charge < -0.3 is 15.2 Å². The highest BCUT2D eigenvalue weighted by Crippen LogP contribution is 2.24. The van der Waals surface area contributed by atoms with Crippen LogP contribution in [0.1, 0.15) is 39.0 Å².